The van der Waals surface area contributed by atoms with Crippen LogP contribution in [-0.2, 0) is 9.59 Å². The Kier molecular flexibility index (Phi) is 4.59. The van der Waals surface area contributed by atoms with E-state index in [9.17, 15) is 9.59 Å². The summed E-state index contributed by atoms with van der Waals surface area (Å²) in [6, 6.07) is -0.723. The maximum Gasteiger partial charge on any atom is 0.326 e. The standard InChI is InChI=1S/C11H19NO3/c1-2-9(11(14)15)12-10(13)7-8-5-3-4-6-8/h8-9H,2-7H2,1H3,(H,12,13)(H,14,15)/t9-/m0/s1. The van der Waals surface area contributed by atoms with Crippen LogP contribution in [0.15, 0.2) is 0 Å². The van der Waals surface area contributed by atoms with Crippen molar-refractivity contribution in [1.29, 1.82) is 0 Å². The van der Waals surface area contributed by atoms with E-state index in [0.29, 0.717) is 18.8 Å². The van der Waals surface area contributed by atoms with Crippen molar-refractivity contribution in [3.05, 3.63) is 0 Å². The van der Waals surface area contributed by atoms with Gasteiger partial charge in [0.15, 0.2) is 0 Å². The van der Waals surface area contributed by atoms with Gasteiger partial charge in [-0.3, -0.25) is 4.79 Å². The third-order valence-electron chi connectivity index (χ3n) is 2.99. The number of carbonyl (C=O) groups is 2. The van der Waals surface area contributed by atoms with Crippen molar-refractivity contribution in [2.75, 3.05) is 0 Å². The van der Waals surface area contributed by atoms with Crippen LogP contribution in [0.4, 0.5) is 0 Å². The van der Waals surface area contributed by atoms with Crippen LogP contribution in [0.1, 0.15) is 45.4 Å². The molecule has 1 fully saturated rings. The number of nitrogens with one attached hydrogen (secondary N) is 1. The Morgan fingerprint density at radius 2 is 2.00 bits per heavy atom. The maximum atomic E-state index is 11.5. The lowest BCUT2D eigenvalue weighted by Crippen LogP contribution is -2.40. The third-order valence-corrected chi connectivity index (χ3v) is 2.99. The summed E-state index contributed by atoms with van der Waals surface area (Å²) in [6.45, 7) is 1.76. The highest BCUT2D eigenvalue weighted by Crippen LogP contribution is 2.27. The largest absolute Gasteiger partial charge is 0.480 e. The minimum Gasteiger partial charge on any atom is -0.480 e. The van der Waals surface area contributed by atoms with Gasteiger partial charge in [0.1, 0.15) is 6.04 Å². The number of hydrogen-bond donors (Lipinski definition) is 2. The maximum absolute atomic E-state index is 11.5. The van der Waals surface area contributed by atoms with Gasteiger partial charge in [0.2, 0.25) is 5.91 Å². The SMILES string of the molecule is CC[C@H](NC(=O)CC1CCCC1)C(=O)O. The van der Waals surface area contributed by atoms with E-state index in [1.165, 1.54) is 12.8 Å². The van der Waals surface area contributed by atoms with E-state index in [4.69, 9.17) is 5.11 Å². The highest BCUT2D eigenvalue weighted by atomic mass is 16.4. The van der Waals surface area contributed by atoms with Crippen molar-refractivity contribution in [2.45, 2.75) is 51.5 Å². The number of amides is 1. The van der Waals surface area contributed by atoms with E-state index in [1.54, 1.807) is 6.92 Å². The second-order valence-electron chi connectivity index (χ2n) is 4.22. The van der Waals surface area contributed by atoms with Gasteiger partial charge in [0, 0.05) is 6.42 Å². The Hall–Kier alpha value is -1.06. The molecular formula is C11H19NO3. The van der Waals surface area contributed by atoms with Crippen molar-refractivity contribution in [3.63, 3.8) is 0 Å². The average molecular weight is 213 g/mol. The Morgan fingerprint density at radius 3 is 2.47 bits per heavy atom. The molecule has 0 bridgehead atoms. The van der Waals surface area contributed by atoms with Gasteiger partial charge >= 0.3 is 5.97 Å². The van der Waals surface area contributed by atoms with E-state index in [2.05, 4.69) is 5.32 Å². The van der Waals surface area contributed by atoms with Gasteiger partial charge in [-0.15, -0.1) is 0 Å². The molecule has 1 aliphatic rings. The lowest BCUT2D eigenvalue weighted by molar-refractivity contribution is -0.142. The molecule has 1 atom stereocenters. The van der Waals surface area contributed by atoms with Crippen LogP contribution in [0.2, 0.25) is 0 Å². The predicted molar refractivity (Wildman–Crippen MR) is 56.4 cm³/mol. The van der Waals surface area contributed by atoms with E-state index in [-0.39, 0.29) is 5.91 Å². The first-order valence-corrected chi connectivity index (χ1v) is 5.65. The zero-order valence-corrected chi connectivity index (χ0v) is 9.16. The van der Waals surface area contributed by atoms with E-state index < -0.39 is 12.0 Å². The number of rotatable bonds is 5. The molecule has 1 saturated carbocycles. The molecule has 4 heteroatoms. The molecule has 0 aromatic heterocycles. The number of aliphatic carboxylic acids is 1. The van der Waals surface area contributed by atoms with Crippen LogP contribution in [0.3, 0.4) is 0 Å². The van der Waals surface area contributed by atoms with Gasteiger partial charge in [-0.25, -0.2) is 4.79 Å². The van der Waals surface area contributed by atoms with Crippen LogP contribution in [0.25, 0.3) is 0 Å². The molecular weight excluding hydrogens is 194 g/mol. The number of carbonyl (C=O) groups excluding carboxylic acids is 1. The first-order chi connectivity index (χ1) is 7.13. The van der Waals surface area contributed by atoms with Crippen molar-refractivity contribution in [3.8, 4) is 0 Å². The highest BCUT2D eigenvalue weighted by molar-refractivity contribution is 5.83. The Bertz CT molecular complexity index is 234. The molecule has 1 rings (SSSR count). The van der Waals surface area contributed by atoms with E-state index in [1.807, 2.05) is 0 Å². The molecule has 0 saturated heterocycles. The average Bonchev–Trinajstić information content (AvgIpc) is 2.66. The van der Waals surface area contributed by atoms with Crippen molar-refractivity contribution in [2.24, 2.45) is 5.92 Å². The van der Waals surface area contributed by atoms with Gasteiger partial charge < -0.3 is 10.4 Å². The first-order valence-electron chi connectivity index (χ1n) is 5.65. The molecule has 0 aromatic rings. The van der Waals surface area contributed by atoms with Crippen molar-refractivity contribution >= 4 is 11.9 Å². The number of carboxylic acids is 1. The lowest BCUT2D eigenvalue weighted by atomic mass is 10.0. The van der Waals surface area contributed by atoms with Crippen LogP contribution >= 0.6 is 0 Å². The van der Waals surface area contributed by atoms with Gasteiger partial charge in [0.05, 0.1) is 0 Å². The Morgan fingerprint density at radius 1 is 1.40 bits per heavy atom. The molecule has 0 spiro atoms. The second kappa shape index (κ2) is 5.73. The summed E-state index contributed by atoms with van der Waals surface area (Å²) in [5.41, 5.74) is 0. The monoisotopic (exact) mass is 213 g/mol. The zero-order valence-electron chi connectivity index (χ0n) is 9.16. The summed E-state index contributed by atoms with van der Waals surface area (Å²) in [5.74, 6) is -0.593. The van der Waals surface area contributed by atoms with Crippen molar-refractivity contribution in [1.82, 2.24) is 5.32 Å². The van der Waals surface area contributed by atoms with Crippen molar-refractivity contribution < 1.29 is 14.7 Å². The summed E-state index contributed by atoms with van der Waals surface area (Å²) in [5, 5.41) is 11.3. The van der Waals surface area contributed by atoms with E-state index >= 15 is 0 Å². The van der Waals surface area contributed by atoms with Gasteiger partial charge in [-0.1, -0.05) is 19.8 Å². The molecule has 4 nitrogen and oxygen atoms in total. The molecule has 0 aliphatic heterocycles. The summed E-state index contributed by atoms with van der Waals surface area (Å²) in [4.78, 5) is 22.2. The fourth-order valence-electron chi connectivity index (χ4n) is 2.07. The first kappa shape index (κ1) is 12.0. The number of hydrogen-bond acceptors (Lipinski definition) is 2. The third kappa shape index (κ3) is 3.90. The smallest absolute Gasteiger partial charge is 0.326 e. The predicted octanol–water partition coefficient (Wildman–Crippen LogP) is 1.55. The summed E-state index contributed by atoms with van der Waals surface area (Å²) in [6.07, 6.45) is 5.55. The van der Waals surface area contributed by atoms with Crippen LogP contribution in [0.5, 0.6) is 0 Å². The summed E-state index contributed by atoms with van der Waals surface area (Å²) >= 11 is 0. The minimum atomic E-state index is -0.947. The number of carboxylic acid groups (broad SMARTS) is 1. The fourth-order valence-corrected chi connectivity index (χ4v) is 2.07. The molecule has 1 amide bonds. The molecule has 15 heavy (non-hydrogen) atoms. The van der Waals surface area contributed by atoms with Gasteiger partial charge in [0.25, 0.3) is 0 Å². The van der Waals surface area contributed by atoms with Crippen LogP contribution in [-0.4, -0.2) is 23.0 Å². The molecule has 86 valence electrons. The highest BCUT2D eigenvalue weighted by Gasteiger charge is 2.22. The Labute approximate surface area is 90.0 Å². The fraction of sp³-hybridized carbons (Fsp3) is 0.818. The second-order valence-corrected chi connectivity index (χ2v) is 4.22. The topological polar surface area (TPSA) is 66.4 Å². The van der Waals surface area contributed by atoms with Crippen LogP contribution < -0.4 is 5.32 Å². The normalized spacial score (nSPS) is 18.7. The summed E-state index contributed by atoms with van der Waals surface area (Å²) in [7, 11) is 0. The quantitative estimate of drug-likeness (QED) is 0.728. The van der Waals surface area contributed by atoms with Gasteiger partial charge in [-0.05, 0) is 25.2 Å². The molecule has 0 unspecified atom stereocenters. The molecule has 1 aliphatic carbocycles. The lowest BCUT2D eigenvalue weighted by Gasteiger charge is -2.14. The molecule has 0 radical (unpaired) electrons. The molecule has 0 heterocycles. The van der Waals surface area contributed by atoms with Crippen LogP contribution in [0, 0.1) is 5.92 Å². The summed E-state index contributed by atoms with van der Waals surface area (Å²) < 4.78 is 0. The minimum absolute atomic E-state index is 0.115. The zero-order chi connectivity index (χ0) is 11.3. The molecule has 0 aromatic carbocycles. The Balaban J connectivity index is 2.30. The molecule has 2 N–H and O–H groups in total. The van der Waals surface area contributed by atoms with E-state index in [0.717, 1.165) is 12.8 Å². The van der Waals surface area contributed by atoms with Gasteiger partial charge in [-0.2, -0.15) is 0 Å².